The third-order valence-electron chi connectivity index (χ3n) is 2.19. The van der Waals surface area contributed by atoms with Crippen molar-refractivity contribution in [3.05, 3.63) is 29.7 Å². The molecule has 0 radical (unpaired) electrons. The number of hydrogen-bond donors (Lipinski definition) is 3. The van der Waals surface area contributed by atoms with Crippen LogP contribution >= 0.6 is 0 Å². The van der Waals surface area contributed by atoms with Crippen LogP contribution in [0.5, 0.6) is 0 Å². The highest BCUT2D eigenvalue weighted by Crippen LogP contribution is 2.01. The van der Waals surface area contributed by atoms with Gasteiger partial charge in [0.15, 0.2) is 0 Å². The second-order valence-corrected chi connectivity index (χ2v) is 3.34. The number of nitrogens with zero attached hydrogens (tertiary/aromatic N) is 3. The number of aromatic nitrogens is 4. The summed E-state index contributed by atoms with van der Waals surface area (Å²) in [5.41, 5.74) is 6.66. The fourth-order valence-electron chi connectivity index (χ4n) is 1.29. The molecule has 4 N–H and O–H groups in total. The van der Waals surface area contributed by atoms with Gasteiger partial charge in [-0.25, -0.2) is 0 Å². The largest absolute Gasteiger partial charge is 0.382 e. The highest BCUT2D eigenvalue weighted by molar-refractivity contribution is 5.92. The van der Waals surface area contributed by atoms with Gasteiger partial charge in [0.05, 0.1) is 12.2 Å². The van der Waals surface area contributed by atoms with E-state index in [9.17, 15) is 4.79 Å². The van der Waals surface area contributed by atoms with Crippen LogP contribution in [0.2, 0.25) is 0 Å². The molecule has 2 aromatic heterocycles. The van der Waals surface area contributed by atoms with Crippen LogP contribution in [0.1, 0.15) is 16.2 Å². The first-order valence-electron chi connectivity index (χ1n) is 4.73. The maximum Gasteiger partial charge on any atom is 0.269 e. The Morgan fingerprint density at radius 3 is 3.06 bits per heavy atom. The predicted molar refractivity (Wildman–Crippen MR) is 57.4 cm³/mol. The van der Waals surface area contributed by atoms with Crippen molar-refractivity contribution in [2.45, 2.75) is 6.54 Å². The molecular weight excluding hydrogens is 208 g/mol. The Hall–Kier alpha value is -2.31. The molecule has 0 fully saturated rings. The predicted octanol–water partition coefficient (Wildman–Crippen LogP) is -0.345. The number of hydrogen-bond acceptors (Lipinski definition) is 4. The van der Waals surface area contributed by atoms with Crippen molar-refractivity contribution >= 4 is 11.7 Å². The quantitative estimate of drug-likeness (QED) is 0.658. The van der Waals surface area contributed by atoms with Crippen LogP contribution in [-0.2, 0) is 13.6 Å². The van der Waals surface area contributed by atoms with Crippen molar-refractivity contribution < 1.29 is 4.79 Å². The number of nitrogens with one attached hydrogen (secondary N) is 2. The average Bonchev–Trinajstić information content (AvgIpc) is 2.84. The number of carbonyl (C=O) groups excluding carboxylic acids is 1. The van der Waals surface area contributed by atoms with Gasteiger partial charge in [-0.2, -0.15) is 10.2 Å². The highest BCUT2D eigenvalue weighted by Gasteiger charge is 2.08. The average molecular weight is 220 g/mol. The third kappa shape index (κ3) is 2.02. The molecule has 7 heteroatoms. The van der Waals surface area contributed by atoms with Gasteiger partial charge < -0.3 is 11.1 Å². The van der Waals surface area contributed by atoms with E-state index >= 15 is 0 Å². The molecule has 0 aliphatic carbocycles. The molecule has 0 unspecified atom stereocenters. The monoisotopic (exact) mass is 220 g/mol. The van der Waals surface area contributed by atoms with E-state index in [0.717, 1.165) is 5.69 Å². The Bertz CT molecular complexity index is 500. The number of amides is 1. The van der Waals surface area contributed by atoms with Crippen LogP contribution < -0.4 is 11.1 Å². The van der Waals surface area contributed by atoms with Crippen LogP contribution in [0.4, 0.5) is 5.82 Å². The molecule has 84 valence electrons. The second-order valence-electron chi connectivity index (χ2n) is 3.34. The molecule has 0 saturated heterocycles. The molecule has 1 amide bonds. The molecular formula is C9H12N6O. The molecule has 2 aromatic rings. The molecule has 7 nitrogen and oxygen atoms in total. The zero-order valence-electron chi connectivity index (χ0n) is 8.77. The van der Waals surface area contributed by atoms with E-state index in [1.54, 1.807) is 10.9 Å². The Labute approximate surface area is 91.6 Å². The molecule has 16 heavy (non-hydrogen) atoms. The first-order chi connectivity index (χ1) is 7.66. The molecule has 2 rings (SSSR count). The van der Waals surface area contributed by atoms with E-state index in [4.69, 9.17) is 5.73 Å². The normalized spacial score (nSPS) is 10.3. The minimum atomic E-state index is -0.245. The number of aromatic amines is 1. The van der Waals surface area contributed by atoms with Crippen LogP contribution in [-0.4, -0.2) is 25.9 Å². The highest BCUT2D eigenvalue weighted by atomic mass is 16.1. The smallest absolute Gasteiger partial charge is 0.269 e. The Kier molecular flexibility index (Phi) is 2.59. The standard InChI is InChI=1S/C9H12N6O/c1-15-6(2-3-12-15)5-11-9(16)7-4-8(10)14-13-7/h2-4H,5H2,1H3,(H,11,16)(H3,10,13,14). The number of aryl methyl sites for hydroxylation is 1. The van der Waals surface area contributed by atoms with Crippen LogP contribution in [0.15, 0.2) is 18.3 Å². The van der Waals surface area contributed by atoms with Gasteiger partial charge >= 0.3 is 0 Å². The third-order valence-corrected chi connectivity index (χ3v) is 2.19. The second kappa shape index (κ2) is 4.05. The van der Waals surface area contributed by atoms with Crippen LogP contribution in [0, 0.1) is 0 Å². The number of carbonyl (C=O) groups is 1. The van der Waals surface area contributed by atoms with Gasteiger partial charge in [-0.15, -0.1) is 0 Å². The molecule has 2 heterocycles. The molecule has 0 bridgehead atoms. The van der Waals surface area contributed by atoms with Gasteiger partial charge in [0.2, 0.25) is 0 Å². The fraction of sp³-hybridized carbons (Fsp3) is 0.222. The maximum atomic E-state index is 11.6. The Morgan fingerprint density at radius 2 is 2.50 bits per heavy atom. The lowest BCUT2D eigenvalue weighted by atomic mass is 10.3. The summed E-state index contributed by atoms with van der Waals surface area (Å²) in [7, 11) is 1.82. The van der Waals surface area contributed by atoms with Crippen LogP contribution in [0.25, 0.3) is 0 Å². The lowest BCUT2D eigenvalue weighted by molar-refractivity contribution is 0.0945. The van der Waals surface area contributed by atoms with Gasteiger partial charge in [0.25, 0.3) is 5.91 Å². The van der Waals surface area contributed by atoms with Crippen molar-refractivity contribution in [3.8, 4) is 0 Å². The van der Waals surface area contributed by atoms with Crippen molar-refractivity contribution in [2.24, 2.45) is 7.05 Å². The summed E-state index contributed by atoms with van der Waals surface area (Å²) < 4.78 is 1.70. The summed E-state index contributed by atoms with van der Waals surface area (Å²) in [6, 6.07) is 3.32. The van der Waals surface area contributed by atoms with E-state index in [1.165, 1.54) is 6.07 Å². The minimum Gasteiger partial charge on any atom is -0.382 e. The summed E-state index contributed by atoms with van der Waals surface area (Å²) in [6.45, 7) is 0.411. The first-order valence-corrected chi connectivity index (χ1v) is 4.73. The van der Waals surface area contributed by atoms with Gasteiger partial charge in [0.1, 0.15) is 11.5 Å². The number of nitrogen functional groups attached to an aromatic ring is 1. The number of anilines is 1. The summed E-state index contributed by atoms with van der Waals surface area (Å²) >= 11 is 0. The lowest BCUT2D eigenvalue weighted by Crippen LogP contribution is -2.24. The van der Waals surface area contributed by atoms with E-state index in [0.29, 0.717) is 18.1 Å². The molecule has 0 aliphatic rings. The minimum absolute atomic E-state index is 0.245. The fourth-order valence-corrected chi connectivity index (χ4v) is 1.29. The maximum absolute atomic E-state index is 11.6. The molecule has 0 spiro atoms. The number of H-pyrrole nitrogens is 1. The molecule has 0 aromatic carbocycles. The number of rotatable bonds is 3. The first kappa shape index (κ1) is 10.2. The van der Waals surface area contributed by atoms with Crippen molar-refractivity contribution in [2.75, 3.05) is 5.73 Å². The van der Waals surface area contributed by atoms with E-state index < -0.39 is 0 Å². The Morgan fingerprint density at radius 1 is 1.69 bits per heavy atom. The lowest BCUT2D eigenvalue weighted by Gasteiger charge is -2.03. The van der Waals surface area contributed by atoms with Crippen molar-refractivity contribution in [1.29, 1.82) is 0 Å². The summed E-state index contributed by atoms with van der Waals surface area (Å²) in [5, 5.41) is 12.9. The summed E-state index contributed by atoms with van der Waals surface area (Å²) in [5.74, 6) is 0.0519. The van der Waals surface area contributed by atoms with Crippen LogP contribution in [0.3, 0.4) is 0 Å². The SMILES string of the molecule is Cn1nccc1CNC(=O)c1cc(N)n[nH]1. The van der Waals surface area contributed by atoms with Gasteiger partial charge in [-0.3, -0.25) is 14.6 Å². The van der Waals surface area contributed by atoms with Gasteiger partial charge in [-0.1, -0.05) is 0 Å². The van der Waals surface area contributed by atoms with E-state index in [-0.39, 0.29) is 5.91 Å². The Balaban J connectivity index is 1.96. The van der Waals surface area contributed by atoms with Gasteiger partial charge in [0, 0.05) is 19.3 Å². The summed E-state index contributed by atoms with van der Waals surface area (Å²) in [4.78, 5) is 11.6. The molecule has 0 saturated carbocycles. The zero-order chi connectivity index (χ0) is 11.5. The van der Waals surface area contributed by atoms with Gasteiger partial charge in [-0.05, 0) is 6.07 Å². The zero-order valence-corrected chi connectivity index (χ0v) is 8.77. The van der Waals surface area contributed by atoms with E-state index in [1.807, 2.05) is 13.1 Å². The summed E-state index contributed by atoms with van der Waals surface area (Å²) in [6.07, 6.45) is 1.68. The van der Waals surface area contributed by atoms with E-state index in [2.05, 4.69) is 20.6 Å². The van der Waals surface area contributed by atoms with Crippen molar-refractivity contribution in [3.63, 3.8) is 0 Å². The topological polar surface area (TPSA) is 102 Å². The molecule has 0 aliphatic heterocycles. The number of nitrogens with two attached hydrogens (primary N) is 1. The molecule has 0 atom stereocenters. The van der Waals surface area contributed by atoms with Crippen molar-refractivity contribution in [1.82, 2.24) is 25.3 Å².